The fraction of sp³-hybridized carbons (Fsp3) is 0.913. The van der Waals surface area contributed by atoms with Gasteiger partial charge >= 0.3 is 11.9 Å². The molecule has 1 rings (SSSR count). The molecule has 0 spiro atoms. The Labute approximate surface area is 200 Å². The topological polar surface area (TPSA) is 91.4 Å². The highest BCUT2D eigenvalue weighted by molar-refractivity contribution is 7.62. The largest absolute Gasteiger partial charge is 0.459 e. The van der Waals surface area contributed by atoms with Crippen LogP contribution in [0.3, 0.4) is 0 Å². The molecule has 0 bridgehead atoms. The molecule has 1 aliphatic heterocycles. The van der Waals surface area contributed by atoms with Gasteiger partial charge in [0.25, 0.3) is 0 Å². The Balaban J connectivity index is 2.81. The summed E-state index contributed by atoms with van der Waals surface area (Å²) in [4.78, 5) is 31.1. The van der Waals surface area contributed by atoms with Crippen molar-refractivity contribution < 1.29 is 23.6 Å². The van der Waals surface area contributed by atoms with Gasteiger partial charge in [-0.2, -0.15) is 0 Å². The van der Waals surface area contributed by atoms with Crippen LogP contribution in [0.25, 0.3) is 0 Å². The zero-order chi connectivity index (χ0) is 25.3. The summed E-state index contributed by atoms with van der Waals surface area (Å²) in [5.74, 6) is -0.470. The summed E-state index contributed by atoms with van der Waals surface area (Å²) < 4.78 is 23.6. The molecule has 0 unspecified atom stereocenters. The van der Waals surface area contributed by atoms with Gasteiger partial charge in [0.2, 0.25) is 0 Å². The molecule has 0 aliphatic carbocycles. The van der Waals surface area contributed by atoms with Gasteiger partial charge in [0, 0.05) is 52.4 Å². The summed E-state index contributed by atoms with van der Waals surface area (Å²) in [7, 11) is -2.27. The molecule has 0 aromatic rings. The minimum absolute atomic E-state index is 0.230. The molecule has 0 amide bonds. The summed E-state index contributed by atoms with van der Waals surface area (Å²) in [6.07, 6.45) is 0.506. The highest BCUT2D eigenvalue weighted by Gasteiger charge is 2.23. The number of rotatable bonds is 6. The van der Waals surface area contributed by atoms with Crippen molar-refractivity contribution in [1.82, 2.24) is 20.0 Å². The lowest BCUT2D eigenvalue weighted by Crippen LogP contribution is -2.47. The molecule has 0 saturated carbocycles. The second kappa shape index (κ2) is 13.2. The van der Waals surface area contributed by atoms with Crippen LogP contribution in [0.5, 0.6) is 0 Å². The summed E-state index contributed by atoms with van der Waals surface area (Å²) in [6, 6.07) is 0. The maximum absolute atomic E-state index is 12.6. The number of hydrogen-bond donors (Lipinski definition) is 1. The molecule has 0 radical (unpaired) electrons. The first-order valence-electron chi connectivity index (χ1n) is 11.9. The molecule has 0 aromatic carbocycles. The van der Waals surface area contributed by atoms with Crippen molar-refractivity contribution in [3.8, 4) is 0 Å². The van der Waals surface area contributed by atoms with Gasteiger partial charge in [0.1, 0.15) is 11.2 Å². The molecular weight excluding hydrogens is 443 g/mol. The third-order valence-corrected chi connectivity index (χ3v) is 5.84. The minimum Gasteiger partial charge on any atom is -0.459 e. The van der Waals surface area contributed by atoms with Crippen LogP contribution >= 0.6 is 7.14 Å². The van der Waals surface area contributed by atoms with Crippen molar-refractivity contribution in [2.45, 2.75) is 52.7 Å². The van der Waals surface area contributed by atoms with E-state index in [2.05, 4.69) is 20.0 Å². The Morgan fingerprint density at radius 2 is 1.09 bits per heavy atom. The molecule has 0 atom stereocenters. The molecule has 194 valence electrons. The van der Waals surface area contributed by atoms with Gasteiger partial charge in [-0.15, -0.1) is 0 Å². The molecule has 1 N–H and O–H groups in total. The van der Waals surface area contributed by atoms with E-state index in [1.54, 1.807) is 13.3 Å². The number of esters is 2. The van der Waals surface area contributed by atoms with Gasteiger partial charge < -0.3 is 19.4 Å². The van der Waals surface area contributed by atoms with E-state index in [0.29, 0.717) is 45.6 Å². The molecule has 1 aliphatic rings. The number of carbonyl (C=O) groups is 2. The first-order valence-corrected chi connectivity index (χ1v) is 14.7. The number of hydrogen-bond acceptors (Lipinski definition) is 9. The highest BCUT2D eigenvalue weighted by Crippen LogP contribution is 2.36. The molecule has 1 heterocycles. The summed E-state index contributed by atoms with van der Waals surface area (Å²) >= 11 is 0. The van der Waals surface area contributed by atoms with Crippen molar-refractivity contribution in [2.24, 2.45) is 0 Å². The zero-order valence-electron chi connectivity index (χ0n) is 22.1. The van der Waals surface area contributed by atoms with Crippen LogP contribution in [0.2, 0.25) is 0 Å². The van der Waals surface area contributed by atoms with E-state index in [0.717, 1.165) is 13.1 Å². The quantitative estimate of drug-likeness (QED) is 0.442. The number of nitrogens with one attached hydrogen (secondary N) is 1. The van der Waals surface area contributed by atoms with Crippen molar-refractivity contribution in [1.29, 1.82) is 0 Å². The Kier molecular flexibility index (Phi) is 12.0. The molecular formula is C23H47N4O5P. The van der Waals surface area contributed by atoms with E-state index in [1.807, 2.05) is 41.5 Å². The van der Waals surface area contributed by atoms with Crippen LogP contribution in [0.15, 0.2) is 0 Å². The van der Waals surface area contributed by atoms with E-state index in [4.69, 9.17) is 9.47 Å². The second-order valence-electron chi connectivity index (χ2n) is 11.3. The maximum Gasteiger partial charge on any atom is 0.320 e. The predicted molar refractivity (Wildman–Crippen MR) is 133 cm³/mol. The first kappa shape index (κ1) is 30.0. The van der Waals surface area contributed by atoms with Gasteiger partial charge in [-0.1, -0.05) is 0 Å². The van der Waals surface area contributed by atoms with Gasteiger partial charge in [0.15, 0.2) is 0 Å². The lowest BCUT2D eigenvalue weighted by Gasteiger charge is -2.32. The van der Waals surface area contributed by atoms with Crippen LogP contribution in [-0.4, -0.2) is 123 Å². The Hall–Kier alpha value is -0.990. The fourth-order valence-electron chi connectivity index (χ4n) is 3.55. The Bertz CT molecular complexity index is 625. The smallest absolute Gasteiger partial charge is 0.320 e. The number of ether oxygens (including phenoxy) is 2. The number of carbonyl (C=O) groups excluding carboxylic acids is 2. The average Bonchev–Trinajstić information content (AvgIpc) is 2.57. The zero-order valence-corrected chi connectivity index (χ0v) is 23.0. The summed E-state index contributed by atoms with van der Waals surface area (Å²) in [5.41, 5.74) is -1.02. The first-order chi connectivity index (χ1) is 15.0. The molecule has 0 aromatic heterocycles. The molecule has 1 saturated heterocycles. The van der Waals surface area contributed by atoms with E-state index >= 15 is 0 Å². The standard InChI is InChI=1S/C23H47N4O5P/c1-22(2,3)31-20(28)17-25-11-9-24-10-12-26(18-21(29)32-23(4,5)6)14-16-27(15-13-25)19-33(7,8)30/h24H,9-19H2,1-8H3. The fourth-order valence-corrected chi connectivity index (χ4v) is 4.80. The van der Waals surface area contributed by atoms with Crippen molar-refractivity contribution >= 4 is 19.1 Å². The monoisotopic (exact) mass is 490 g/mol. The number of nitrogens with zero attached hydrogens (tertiary/aromatic N) is 3. The van der Waals surface area contributed by atoms with Gasteiger partial charge in [-0.3, -0.25) is 24.3 Å². The highest BCUT2D eigenvalue weighted by atomic mass is 31.2. The Morgan fingerprint density at radius 3 is 1.42 bits per heavy atom. The van der Waals surface area contributed by atoms with Crippen molar-refractivity contribution in [3.63, 3.8) is 0 Å². The predicted octanol–water partition coefficient (Wildman–Crippen LogP) is 1.76. The SMILES string of the molecule is CC(C)(C)OC(=O)CN1CCNCCN(CC(=O)OC(C)(C)C)CCN(CP(C)(C)=O)CC1. The van der Waals surface area contributed by atoms with Crippen LogP contribution in [-0.2, 0) is 23.6 Å². The van der Waals surface area contributed by atoms with Crippen LogP contribution in [0.4, 0.5) is 0 Å². The lowest BCUT2D eigenvalue weighted by atomic mass is 10.2. The average molecular weight is 491 g/mol. The van der Waals surface area contributed by atoms with E-state index < -0.39 is 18.3 Å². The molecule has 1 fully saturated rings. The van der Waals surface area contributed by atoms with Crippen LogP contribution in [0.1, 0.15) is 41.5 Å². The van der Waals surface area contributed by atoms with E-state index in [-0.39, 0.29) is 25.0 Å². The molecule has 9 nitrogen and oxygen atoms in total. The van der Waals surface area contributed by atoms with Crippen LogP contribution < -0.4 is 5.32 Å². The Morgan fingerprint density at radius 1 is 0.727 bits per heavy atom. The van der Waals surface area contributed by atoms with Gasteiger partial charge in [0.05, 0.1) is 26.5 Å². The third-order valence-electron chi connectivity index (χ3n) is 4.76. The minimum atomic E-state index is -2.27. The van der Waals surface area contributed by atoms with Crippen molar-refractivity contribution in [2.75, 3.05) is 85.1 Å². The lowest BCUT2D eigenvalue weighted by molar-refractivity contribution is -0.157. The summed E-state index contributed by atoms with van der Waals surface area (Å²) in [5, 5.41) is 3.41. The third kappa shape index (κ3) is 16.3. The van der Waals surface area contributed by atoms with Crippen LogP contribution in [0, 0.1) is 0 Å². The van der Waals surface area contributed by atoms with Gasteiger partial charge in [-0.25, -0.2) is 0 Å². The summed E-state index contributed by atoms with van der Waals surface area (Å²) in [6.45, 7) is 20.8. The second-order valence-corrected chi connectivity index (χ2v) is 14.7. The van der Waals surface area contributed by atoms with Crippen molar-refractivity contribution in [3.05, 3.63) is 0 Å². The maximum atomic E-state index is 12.6. The van der Waals surface area contributed by atoms with E-state index in [9.17, 15) is 14.2 Å². The van der Waals surface area contributed by atoms with E-state index in [1.165, 1.54) is 0 Å². The van der Waals surface area contributed by atoms with Gasteiger partial charge in [-0.05, 0) is 54.9 Å². The molecule has 33 heavy (non-hydrogen) atoms. The molecule has 10 heteroatoms. The normalized spacial score (nSPS) is 19.4.